The lowest BCUT2D eigenvalue weighted by Gasteiger charge is -2.31. The molecule has 32 heavy (non-hydrogen) atoms. The maximum atomic E-state index is 13.8. The fourth-order valence-corrected chi connectivity index (χ4v) is 4.66. The van der Waals surface area contributed by atoms with Gasteiger partial charge in [-0.2, -0.15) is 0 Å². The second-order valence-electron chi connectivity index (χ2n) is 8.20. The highest BCUT2D eigenvalue weighted by Gasteiger charge is 2.34. The number of anilines is 2. The second-order valence-corrected chi connectivity index (χ2v) is 8.20. The van der Waals surface area contributed by atoms with Gasteiger partial charge in [-0.15, -0.1) is 0 Å². The van der Waals surface area contributed by atoms with Gasteiger partial charge in [0.1, 0.15) is 0 Å². The van der Waals surface area contributed by atoms with Gasteiger partial charge in [-0.25, -0.2) is 0 Å². The molecule has 2 unspecified atom stereocenters. The fourth-order valence-electron chi connectivity index (χ4n) is 4.66. The lowest BCUT2D eigenvalue weighted by Crippen LogP contribution is -2.39. The van der Waals surface area contributed by atoms with E-state index in [4.69, 9.17) is 0 Å². The van der Waals surface area contributed by atoms with E-state index in [1.165, 1.54) is 0 Å². The van der Waals surface area contributed by atoms with E-state index in [0.29, 0.717) is 33.6 Å². The van der Waals surface area contributed by atoms with Gasteiger partial charge >= 0.3 is 0 Å². The maximum Gasteiger partial charge on any atom is 0.198 e. The zero-order valence-electron chi connectivity index (χ0n) is 20.2. The van der Waals surface area contributed by atoms with Crippen molar-refractivity contribution in [2.75, 3.05) is 36.8 Å². The van der Waals surface area contributed by atoms with Crippen LogP contribution in [0, 0.1) is 0 Å². The number of benzene rings is 2. The van der Waals surface area contributed by atoms with Gasteiger partial charge in [-0.3, -0.25) is 19.4 Å². The maximum absolute atomic E-state index is 13.8. The molecule has 1 aliphatic rings. The minimum Gasteiger partial charge on any atom is -0.369 e. The molecule has 172 valence electrons. The Labute approximate surface area is 192 Å². The molecule has 2 atom stereocenters. The molecule has 0 radical (unpaired) electrons. The number of ketones is 2. The van der Waals surface area contributed by atoms with Crippen LogP contribution in [-0.2, 0) is 0 Å². The summed E-state index contributed by atoms with van der Waals surface area (Å²) in [5, 5.41) is 6.95. The number of hydrogen-bond donors (Lipinski definition) is 2. The van der Waals surface area contributed by atoms with Crippen LogP contribution in [0.25, 0.3) is 0 Å². The van der Waals surface area contributed by atoms with E-state index in [1.807, 2.05) is 24.3 Å². The minimum absolute atomic E-state index is 0.0388. The number of carbonyl (C=O) groups excluding carboxylic acids is 2. The van der Waals surface area contributed by atoms with E-state index in [9.17, 15) is 9.59 Å². The van der Waals surface area contributed by atoms with Crippen molar-refractivity contribution < 1.29 is 9.59 Å². The Morgan fingerprint density at radius 1 is 0.656 bits per heavy atom. The molecule has 2 N–H and O–H groups in total. The van der Waals surface area contributed by atoms with Crippen LogP contribution in [0.5, 0.6) is 0 Å². The average molecular weight is 437 g/mol. The van der Waals surface area contributed by atoms with Crippen molar-refractivity contribution >= 4 is 22.9 Å². The molecule has 3 rings (SSSR count). The number of rotatable bonds is 10. The summed E-state index contributed by atoms with van der Waals surface area (Å²) >= 11 is 0. The highest BCUT2D eigenvalue weighted by molar-refractivity contribution is 6.31. The molecule has 0 saturated carbocycles. The predicted molar refractivity (Wildman–Crippen MR) is 132 cm³/mol. The molecule has 0 heterocycles. The summed E-state index contributed by atoms with van der Waals surface area (Å²) in [5.41, 5.74) is 3.28. The first-order valence-electron chi connectivity index (χ1n) is 11.7. The molecule has 2 aromatic carbocycles. The van der Waals surface area contributed by atoms with Crippen LogP contribution in [0.4, 0.5) is 11.4 Å². The SMILES string of the molecule is CCN(CC)C(C)Nc1cccc2c1C(=O)c1c(NC(C)N(CC)CC)cccc1C2=O. The Morgan fingerprint density at radius 3 is 1.38 bits per heavy atom. The van der Waals surface area contributed by atoms with Gasteiger partial charge in [0.2, 0.25) is 0 Å². The molecule has 0 aliphatic heterocycles. The topological polar surface area (TPSA) is 64.7 Å². The van der Waals surface area contributed by atoms with Crippen molar-refractivity contribution in [3.63, 3.8) is 0 Å². The third-order valence-corrected chi connectivity index (χ3v) is 6.52. The molecule has 0 fully saturated rings. The smallest absolute Gasteiger partial charge is 0.198 e. The molecule has 0 aromatic heterocycles. The van der Waals surface area contributed by atoms with Gasteiger partial charge < -0.3 is 10.6 Å². The van der Waals surface area contributed by atoms with Crippen molar-refractivity contribution in [3.05, 3.63) is 58.7 Å². The van der Waals surface area contributed by atoms with Crippen molar-refractivity contribution in [2.45, 2.75) is 53.9 Å². The normalized spacial score (nSPS) is 14.9. The van der Waals surface area contributed by atoms with Crippen molar-refractivity contribution in [2.24, 2.45) is 0 Å². The Hall–Kier alpha value is -2.70. The lowest BCUT2D eigenvalue weighted by molar-refractivity contribution is 0.0980. The van der Waals surface area contributed by atoms with Gasteiger partial charge in [0.25, 0.3) is 0 Å². The van der Waals surface area contributed by atoms with E-state index in [2.05, 4.69) is 62.0 Å². The van der Waals surface area contributed by atoms with Crippen molar-refractivity contribution in [3.8, 4) is 0 Å². The summed E-state index contributed by atoms with van der Waals surface area (Å²) in [6, 6.07) is 11.0. The van der Waals surface area contributed by atoms with E-state index >= 15 is 0 Å². The number of fused-ring (bicyclic) bond motifs is 2. The molecular formula is C26H36N4O2. The standard InChI is InChI=1S/C26H36N4O2/c1-7-29(8-2)17(5)27-21-15-11-13-19-23(21)26(32)24-20(25(19)31)14-12-16-22(24)28-18(6)30(9-3)10-4/h11-18,27-28H,7-10H2,1-6H3. The predicted octanol–water partition coefficient (Wildman–Crippen LogP) is 4.66. The zero-order chi connectivity index (χ0) is 23.4. The first-order chi connectivity index (χ1) is 15.4. The second kappa shape index (κ2) is 10.3. The van der Waals surface area contributed by atoms with Gasteiger partial charge in [0, 0.05) is 22.5 Å². The molecule has 6 nitrogen and oxygen atoms in total. The average Bonchev–Trinajstić information content (AvgIpc) is 2.79. The third-order valence-electron chi connectivity index (χ3n) is 6.52. The van der Waals surface area contributed by atoms with Crippen LogP contribution in [-0.4, -0.2) is 59.9 Å². The van der Waals surface area contributed by atoms with Crippen LogP contribution in [0.3, 0.4) is 0 Å². The highest BCUT2D eigenvalue weighted by Crippen LogP contribution is 2.36. The molecule has 6 heteroatoms. The van der Waals surface area contributed by atoms with Gasteiger partial charge in [0.05, 0.1) is 23.5 Å². The molecular weight excluding hydrogens is 400 g/mol. The monoisotopic (exact) mass is 436 g/mol. The van der Waals surface area contributed by atoms with Crippen LogP contribution in [0.15, 0.2) is 36.4 Å². The summed E-state index contributed by atoms with van der Waals surface area (Å²) in [7, 11) is 0. The van der Waals surface area contributed by atoms with E-state index in [1.54, 1.807) is 12.1 Å². The Morgan fingerprint density at radius 2 is 1.03 bits per heavy atom. The van der Waals surface area contributed by atoms with Crippen molar-refractivity contribution in [1.82, 2.24) is 9.80 Å². The van der Waals surface area contributed by atoms with E-state index in [-0.39, 0.29) is 23.9 Å². The first kappa shape index (κ1) is 24.0. The quantitative estimate of drug-likeness (QED) is 0.451. The Balaban J connectivity index is 2.03. The molecule has 0 bridgehead atoms. The Kier molecular flexibility index (Phi) is 7.69. The molecule has 1 aliphatic carbocycles. The fraction of sp³-hybridized carbons (Fsp3) is 0.462. The van der Waals surface area contributed by atoms with Crippen LogP contribution < -0.4 is 10.6 Å². The summed E-state index contributed by atoms with van der Waals surface area (Å²) in [5.74, 6) is -0.216. The largest absolute Gasteiger partial charge is 0.369 e. The lowest BCUT2D eigenvalue weighted by atomic mass is 9.82. The number of hydrogen-bond acceptors (Lipinski definition) is 6. The molecule has 0 amide bonds. The Bertz CT molecular complexity index is 904. The summed E-state index contributed by atoms with van der Waals surface area (Å²) < 4.78 is 0. The molecule has 0 saturated heterocycles. The summed E-state index contributed by atoms with van der Waals surface area (Å²) in [6.45, 7) is 16.2. The van der Waals surface area contributed by atoms with E-state index in [0.717, 1.165) is 26.2 Å². The summed E-state index contributed by atoms with van der Waals surface area (Å²) in [6.07, 6.45) is 0.0775. The van der Waals surface area contributed by atoms with Gasteiger partial charge in [-0.05, 0) is 52.2 Å². The number of carbonyl (C=O) groups is 2. The van der Waals surface area contributed by atoms with Crippen LogP contribution in [0.1, 0.15) is 73.4 Å². The van der Waals surface area contributed by atoms with Gasteiger partial charge in [0.15, 0.2) is 11.6 Å². The number of nitrogens with zero attached hydrogens (tertiary/aromatic N) is 2. The first-order valence-corrected chi connectivity index (χ1v) is 11.7. The number of nitrogens with one attached hydrogen (secondary N) is 2. The van der Waals surface area contributed by atoms with Crippen LogP contribution >= 0.6 is 0 Å². The zero-order valence-corrected chi connectivity index (χ0v) is 20.2. The molecule has 2 aromatic rings. The molecule has 0 spiro atoms. The van der Waals surface area contributed by atoms with E-state index < -0.39 is 0 Å². The van der Waals surface area contributed by atoms with Crippen LogP contribution in [0.2, 0.25) is 0 Å². The minimum atomic E-state index is -0.112. The van der Waals surface area contributed by atoms with Crippen molar-refractivity contribution in [1.29, 1.82) is 0 Å². The third kappa shape index (κ3) is 4.43. The highest BCUT2D eigenvalue weighted by atomic mass is 16.1. The summed E-state index contributed by atoms with van der Waals surface area (Å²) in [4.78, 5) is 31.7. The van der Waals surface area contributed by atoms with Gasteiger partial charge in [-0.1, -0.05) is 52.0 Å².